The lowest BCUT2D eigenvalue weighted by atomic mass is 10.1. The minimum Gasteiger partial charge on any atom is -0.478 e. The maximum absolute atomic E-state index is 13.2. The third kappa shape index (κ3) is 4.19. The molecule has 0 bridgehead atoms. The van der Waals surface area contributed by atoms with Gasteiger partial charge in [-0.3, -0.25) is 0 Å². The average Bonchev–Trinajstić information content (AvgIpc) is 3.24. The van der Waals surface area contributed by atoms with Crippen molar-refractivity contribution in [2.24, 2.45) is 0 Å². The van der Waals surface area contributed by atoms with E-state index in [-0.39, 0.29) is 34.6 Å². The Morgan fingerprint density at radius 2 is 2.14 bits per heavy atom. The summed E-state index contributed by atoms with van der Waals surface area (Å²) >= 11 is 6.20. The van der Waals surface area contributed by atoms with Crippen LogP contribution in [0.3, 0.4) is 0 Å². The van der Waals surface area contributed by atoms with Crippen molar-refractivity contribution in [1.82, 2.24) is 4.57 Å². The molecule has 3 rings (SSSR count). The fourth-order valence-corrected chi connectivity index (χ4v) is 3.60. The van der Waals surface area contributed by atoms with E-state index in [4.69, 9.17) is 21.1 Å². The number of benzene rings is 1. The average molecular weight is 418 g/mol. The Morgan fingerprint density at radius 3 is 2.71 bits per heavy atom. The van der Waals surface area contributed by atoms with Crippen LogP contribution in [0.4, 0.5) is 13.2 Å². The fourth-order valence-electron chi connectivity index (χ4n) is 3.39. The van der Waals surface area contributed by atoms with Gasteiger partial charge in [-0.25, -0.2) is 4.79 Å². The lowest BCUT2D eigenvalue weighted by molar-refractivity contribution is -0.137. The van der Waals surface area contributed by atoms with Crippen LogP contribution in [0.25, 0.3) is 11.3 Å². The molecule has 152 valence electrons. The highest BCUT2D eigenvalue weighted by molar-refractivity contribution is 6.33. The summed E-state index contributed by atoms with van der Waals surface area (Å²) in [6.07, 6.45) is -3.05. The van der Waals surface area contributed by atoms with E-state index in [0.29, 0.717) is 18.8 Å². The first-order valence-electron chi connectivity index (χ1n) is 8.65. The highest BCUT2D eigenvalue weighted by Gasteiger charge is 2.32. The van der Waals surface area contributed by atoms with Crippen LogP contribution in [0, 0.1) is 0 Å². The molecule has 5 nitrogen and oxygen atoms in total. The van der Waals surface area contributed by atoms with Crippen molar-refractivity contribution in [3.63, 3.8) is 0 Å². The van der Waals surface area contributed by atoms with E-state index in [9.17, 15) is 23.1 Å². The third-order valence-corrected chi connectivity index (χ3v) is 5.03. The van der Waals surface area contributed by atoms with Gasteiger partial charge in [0.1, 0.15) is 0 Å². The second kappa shape index (κ2) is 8.14. The summed E-state index contributed by atoms with van der Waals surface area (Å²) in [5.74, 6) is -1.19. The van der Waals surface area contributed by atoms with Gasteiger partial charge in [0.2, 0.25) is 0 Å². The van der Waals surface area contributed by atoms with Crippen molar-refractivity contribution in [2.45, 2.75) is 38.3 Å². The van der Waals surface area contributed by atoms with Gasteiger partial charge in [0.25, 0.3) is 0 Å². The summed E-state index contributed by atoms with van der Waals surface area (Å²) in [6.45, 7) is 0.885. The number of aromatic nitrogens is 1. The molecule has 9 heteroatoms. The van der Waals surface area contributed by atoms with E-state index in [1.807, 2.05) is 0 Å². The minimum atomic E-state index is -4.55. The molecule has 28 heavy (non-hydrogen) atoms. The number of alkyl halides is 3. The van der Waals surface area contributed by atoms with E-state index in [2.05, 4.69) is 0 Å². The topological polar surface area (TPSA) is 60.7 Å². The smallest absolute Gasteiger partial charge is 0.416 e. The van der Waals surface area contributed by atoms with Crippen LogP contribution in [0.15, 0.2) is 24.3 Å². The number of nitrogens with zero attached hydrogens (tertiary/aromatic N) is 1. The molecule has 1 aromatic heterocycles. The second-order valence-corrected chi connectivity index (χ2v) is 6.97. The van der Waals surface area contributed by atoms with Crippen molar-refractivity contribution in [1.29, 1.82) is 0 Å². The summed E-state index contributed by atoms with van der Waals surface area (Å²) < 4.78 is 52.0. The number of hydrogen-bond acceptors (Lipinski definition) is 3. The lowest BCUT2D eigenvalue weighted by Crippen LogP contribution is -2.19. The lowest BCUT2D eigenvalue weighted by Gasteiger charge is -2.19. The third-order valence-electron chi connectivity index (χ3n) is 4.70. The molecule has 1 N–H and O–H groups in total. The Labute approximate surface area is 164 Å². The first kappa shape index (κ1) is 20.7. The van der Waals surface area contributed by atoms with E-state index < -0.39 is 17.7 Å². The highest BCUT2D eigenvalue weighted by Crippen LogP contribution is 2.38. The van der Waals surface area contributed by atoms with Gasteiger partial charge in [-0.05, 0) is 37.1 Å². The Morgan fingerprint density at radius 1 is 1.39 bits per heavy atom. The van der Waals surface area contributed by atoms with Crippen molar-refractivity contribution < 1.29 is 32.5 Å². The van der Waals surface area contributed by atoms with Crippen LogP contribution in [-0.2, 0) is 28.8 Å². The Hall–Kier alpha value is -2.03. The first-order valence-corrected chi connectivity index (χ1v) is 9.03. The molecule has 0 radical (unpaired) electrons. The first-order chi connectivity index (χ1) is 13.2. The van der Waals surface area contributed by atoms with Crippen LogP contribution < -0.4 is 0 Å². The number of carbonyl (C=O) groups is 1. The molecule has 1 aliphatic heterocycles. The summed E-state index contributed by atoms with van der Waals surface area (Å²) in [5, 5.41) is 9.68. The maximum atomic E-state index is 13.2. The molecule has 0 aliphatic carbocycles. The predicted octanol–water partition coefficient (Wildman–Crippen LogP) is 4.85. The fraction of sp³-hybridized carbons (Fsp3) is 0.421. The summed E-state index contributed by atoms with van der Waals surface area (Å²) in [7, 11) is 1.42. The van der Waals surface area contributed by atoms with Gasteiger partial charge < -0.3 is 19.1 Å². The maximum Gasteiger partial charge on any atom is 0.416 e. The molecule has 0 saturated carbocycles. The van der Waals surface area contributed by atoms with Gasteiger partial charge >= 0.3 is 12.1 Å². The van der Waals surface area contributed by atoms with Crippen molar-refractivity contribution in [2.75, 3.05) is 13.7 Å². The number of rotatable bonds is 6. The molecular weight excluding hydrogens is 399 g/mol. The molecule has 1 atom stereocenters. The molecule has 0 unspecified atom stereocenters. The molecule has 2 aromatic rings. The molecule has 2 heterocycles. The SMILES string of the molecule is COCc1c(C(=O)O)cc(-c2cc(C(F)(F)F)ccc2Cl)n1C[C@H]1CCCO1. The van der Waals surface area contributed by atoms with Crippen LogP contribution in [0.2, 0.25) is 5.02 Å². The van der Waals surface area contributed by atoms with Crippen LogP contribution >= 0.6 is 11.6 Å². The normalized spacial score (nSPS) is 17.2. The molecule has 0 amide bonds. The van der Waals surface area contributed by atoms with Gasteiger partial charge in [-0.1, -0.05) is 11.6 Å². The molecular formula is C19H19ClF3NO4. The van der Waals surface area contributed by atoms with E-state index in [0.717, 1.165) is 25.0 Å². The van der Waals surface area contributed by atoms with E-state index in [1.54, 1.807) is 4.57 Å². The molecule has 1 aliphatic rings. The zero-order chi connectivity index (χ0) is 20.5. The Kier molecular flexibility index (Phi) is 6.02. The number of hydrogen-bond donors (Lipinski definition) is 1. The van der Waals surface area contributed by atoms with Gasteiger partial charge in [0, 0.05) is 30.8 Å². The summed E-state index contributed by atoms with van der Waals surface area (Å²) in [6, 6.07) is 4.34. The number of carboxylic acids is 1. The minimum absolute atomic E-state index is 0.00899. The molecule has 1 aromatic carbocycles. The van der Waals surface area contributed by atoms with Crippen LogP contribution in [-0.4, -0.2) is 35.5 Å². The zero-order valence-electron chi connectivity index (χ0n) is 15.1. The largest absolute Gasteiger partial charge is 0.478 e. The summed E-state index contributed by atoms with van der Waals surface area (Å²) in [5.41, 5.74) is -0.144. The number of halogens is 4. The Bertz CT molecular complexity index is 873. The van der Waals surface area contributed by atoms with Gasteiger partial charge in [-0.15, -0.1) is 0 Å². The highest BCUT2D eigenvalue weighted by atomic mass is 35.5. The molecule has 1 saturated heterocycles. The predicted molar refractivity (Wildman–Crippen MR) is 96.5 cm³/mol. The summed E-state index contributed by atoms with van der Waals surface area (Å²) in [4.78, 5) is 11.7. The van der Waals surface area contributed by atoms with Gasteiger partial charge in [0.15, 0.2) is 0 Å². The van der Waals surface area contributed by atoms with Crippen molar-refractivity contribution >= 4 is 17.6 Å². The molecule has 1 fully saturated rings. The Balaban J connectivity index is 2.19. The van der Waals surface area contributed by atoms with E-state index in [1.165, 1.54) is 19.2 Å². The standard InChI is InChI=1S/C19H19ClF3NO4/c1-27-10-17-14(18(25)26)8-16(24(17)9-12-3-2-6-28-12)13-7-11(19(21,22)23)4-5-15(13)20/h4-5,7-8,12H,2-3,6,9-10H2,1H3,(H,25,26)/t12-/m1/s1. The number of ether oxygens (including phenoxy) is 2. The van der Waals surface area contributed by atoms with E-state index >= 15 is 0 Å². The molecule has 0 spiro atoms. The van der Waals surface area contributed by atoms with Crippen LogP contribution in [0.5, 0.6) is 0 Å². The number of carboxylic acid groups (broad SMARTS) is 1. The number of methoxy groups -OCH3 is 1. The van der Waals surface area contributed by atoms with Crippen molar-refractivity contribution in [3.05, 3.63) is 46.1 Å². The second-order valence-electron chi connectivity index (χ2n) is 6.57. The number of aromatic carboxylic acids is 1. The van der Waals surface area contributed by atoms with Gasteiger partial charge in [0.05, 0.1) is 35.2 Å². The van der Waals surface area contributed by atoms with Crippen LogP contribution in [0.1, 0.15) is 34.5 Å². The monoisotopic (exact) mass is 417 g/mol. The van der Waals surface area contributed by atoms with Gasteiger partial charge in [-0.2, -0.15) is 13.2 Å². The zero-order valence-corrected chi connectivity index (χ0v) is 15.8. The van der Waals surface area contributed by atoms with Crippen molar-refractivity contribution in [3.8, 4) is 11.3 Å². The quantitative estimate of drug-likeness (QED) is 0.729.